The number of carbonyl (C=O) groups is 1. The summed E-state index contributed by atoms with van der Waals surface area (Å²) >= 11 is 0. The van der Waals surface area contributed by atoms with E-state index in [1.54, 1.807) is 7.05 Å². The molecule has 3 heteroatoms. The second kappa shape index (κ2) is 6.83. The molecule has 3 nitrogen and oxygen atoms in total. The van der Waals surface area contributed by atoms with Crippen LogP contribution in [-0.2, 0) is 9.53 Å². The molecule has 0 rings (SSSR count). The first kappa shape index (κ1) is 14.4. The third-order valence-electron chi connectivity index (χ3n) is 2.90. The smallest absolute Gasteiger partial charge is 0.325 e. The van der Waals surface area contributed by atoms with E-state index in [2.05, 4.69) is 19.2 Å². The summed E-state index contributed by atoms with van der Waals surface area (Å²) in [6, 6.07) is 0. The molecular weight excluding hydrogens is 190 g/mol. The molecule has 1 N–H and O–H groups in total. The van der Waals surface area contributed by atoms with E-state index < -0.39 is 5.54 Å². The van der Waals surface area contributed by atoms with E-state index in [4.69, 9.17) is 4.74 Å². The lowest BCUT2D eigenvalue weighted by molar-refractivity contribution is -0.148. The fraction of sp³-hybridized carbons (Fsp3) is 0.917. The lowest BCUT2D eigenvalue weighted by Crippen LogP contribution is -2.48. The maximum atomic E-state index is 11.5. The molecular formula is C12H25NO2. The second-order valence-electron chi connectivity index (χ2n) is 4.71. The van der Waals surface area contributed by atoms with Gasteiger partial charge in [-0.1, -0.05) is 33.1 Å². The van der Waals surface area contributed by atoms with Gasteiger partial charge < -0.3 is 10.1 Å². The van der Waals surface area contributed by atoms with Crippen molar-refractivity contribution < 1.29 is 9.53 Å². The van der Waals surface area contributed by atoms with E-state index in [-0.39, 0.29) is 5.97 Å². The van der Waals surface area contributed by atoms with E-state index in [0.29, 0.717) is 0 Å². The van der Waals surface area contributed by atoms with Crippen molar-refractivity contribution in [2.45, 2.75) is 52.0 Å². The monoisotopic (exact) mass is 215 g/mol. The van der Waals surface area contributed by atoms with Crippen LogP contribution in [0.5, 0.6) is 0 Å². The minimum Gasteiger partial charge on any atom is -0.468 e. The Labute approximate surface area is 93.6 Å². The quantitative estimate of drug-likeness (QED) is 0.523. The zero-order valence-corrected chi connectivity index (χ0v) is 10.7. The molecule has 0 aliphatic carbocycles. The van der Waals surface area contributed by atoms with Gasteiger partial charge in [-0.2, -0.15) is 0 Å². The Hall–Kier alpha value is -0.570. The van der Waals surface area contributed by atoms with Crippen molar-refractivity contribution in [1.82, 2.24) is 5.32 Å². The van der Waals surface area contributed by atoms with Crippen LogP contribution in [0.25, 0.3) is 0 Å². The molecule has 0 aromatic heterocycles. The van der Waals surface area contributed by atoms with Crippen LogP contribution in [0, 0.1) is 5.92 Å². The molecule has 0 aliphatic heterocycles. The number of esters is 1. The highest BCUT2D eigenvalue weighted by Gasteiger charge is 2.31. The highest BCUT2D eigenvalue weighted by atomic mass is 16.5. The second-order valence-corrected chi connectivity index (χ2v) is 4.71. The molecule has 0 spiro atoms. The summed E-state index contributed by atoms with van der Waals surface area (Å²) in [6.07, 6.45) is 4.29. The van der Waals surface area contributed by atoms with Crippen LogP contribution in [0.4, 0.5) is 0 Å². The third-order valence-corrected chi connectivity index (χ3v) is 2.90. The third kappa shape index (κ3) is 5.17. The van der Waals surface area contributed by atoms with Gasteiger partial charge in [0.2, 0.25) is 0 Å². The minimum absolute atomic E-state index is 0.172. The number of hydrogen-bond acceptors (Lipinski definition) is 3. The van der Waals surface area contributed by atoms with Crippen molar-refractivity contribution in [3.05, 3.63) is 0 Å². The predicted octanol–water partition coefficient (Wildman–Crippen LogP) is 2.35. The summed E-state index contributed by atoms with van der Waals surface area (Å²) in [4.78, 5) is 11.5. The molecule has 0 saturated carbocycles. The fourth-order valence-electron chi connectivity index (χ4n) is 1.59. The van der Waals surface area contributed by atoms with Gasteiger partial charge in [0.05, 0.1) is 7.11 Å². The molecule has 0 heterocycles. The standard InChI is InChI=1S/C12H25NO2/c1-10(2)8-6-7-9-12(3,13-4)11(14)15-5/h10,13H,6-9H2,1-5H3/t12-/m0/s1. The van der Waals surface area contributed by atoms with Crippen molar-refractivity contribution in [3.63, 3.8) is 0 Å². The fourth-order valence-corrected chi connectivity index (χ4v) is 1.59. The van der Waals surface area contributed by atoms with Crippen molar-refractivity contribution >= 4 is 5.97 Å². The molecule has 0 amide bonds. The van der Waals surface area contributed by atoms with E-state index in [1.807, 2.05) is 6.92 Å². The number of rotatable bonds is 7. The first-order valence-corrected chi connectivity index (χ1v) is 5.73. The van der Waals surface area contributed by atoms with Crippen molar-refractivity contribution in [1.29, 1.82) is 0 Å². The van der Waals surface area contributed by atoms with Crippen LogP contribution in [-0.4, -0.2) is 25.7 Å². The van der Waals surface area contributed by atoms with Gasteiger partial charge in [0.25, 0.3) is 0 Å². The lowest BCUT2D eigenvalue weighted by atomic mass is 9.93. The molecule has 0 aliphatic rings. The summed E-state index contributed by atoms with van der Waals surface area (Å²) in [5.74, 6) is 0.568. The normalized spacial score (nSPS) is 15.1. The highest BCUT2D eigenvalue weighted by molar-refractivity contribution is 5.80. The average Bonchev–Trinajstić information content (AvgIpc) is 2.22. The molecule has 0 radical (unpaired) electrons. The van der Waals surface area contributed by atoms with Crippen LogP contribution in [0.1, 0.15) is 46.5 Å². The molecule has 0 unspecified atom stereocenters. The van der Waals surface area contributed by atoms with Crippen LogP contribution >= 0.6 is 0 Å². The number of ether oxygens (including phenoxy) is 1. The first-order chi connectivity index (χ1) is 6.96. The lowest BCUT2D eigenvalue weighted by Gasteiger charge is -2.26. The van der Waals surface area contributed by atoms with Crippen molar-refractivity contribution in [2.24, 2.45) is 5.92 Å². The van der Waals surface area contributed by atoms with Gasteiger partial charge in [-0.25, -0.2) is 0 Å². The summed E-state index contributed by atoms with van der Waals surface area (Å²) in [5, 5.41) is 3.04. The molecule has 15 heavy (non-hydrogen) atoms. The van der Waals surface area contributed by atoms with Gasteiger partial charge in [-0.15, -0.1) is 0 Å². The largest absolute Gasteiger partial charge is 0.468 e. The number of likely N-dealkylation sites (N-methyl/N-ethyl adjacent to an activating group) is 1. The van der Waals surface area contributed by atoms with E-state index in [9.17, 15) is 4.79 Å². The summed E-state index contributed by atoms with van der Waals surface area (Å²) < 4.78 is 4.78. The molecule has 0 bridgehead atoms. The molecule has 0 aromatic rings. The molecule has 0 fully saturated rings. The minimum atomic E-state index is -0.522. The topological polar surface area (TPSA) is 38.3 Å². The number of methoxy groups -OCH3 is 1. The van der Waals surface area contributed by atoms with Gasteiger partial charge in [-0.05, 0) is 26.3 Å². The Kier molecular flexibility index (Phi) is 6.57. The van der Waals surface area contributed by atoms with Gasteiger partial charge >= 0.3 is 5.97 Å². The molecule has 0 aromatic carbocycles. The Morgan fingerprint density at radius 1 is 1.40 bits per heavy atom. The maximum Gasteiger partial charge on any atom is 0.325 e. The van der Waals surface area contributed by atoms with Crippen LogP contribution in [0.15, 0.2) is 0 Å². The number of carbonyl (C=O) groups excluding carboxylic acids is 1. The van der Waals surface area contributed by atoms with Crippen LogP contribution in [0.2, 0.25) is 0 Å². The van der Waals surface area contributed by atoms with E-state index in [0.717, 1.165) is 18.8 Å². The van der Waals surface area contributed by atoms with Gasteiger partial charge in [0.15, 0.2) is 0 Å². The summed E-state index contributed by atoms with van der Waals surface area (Å²) in [5.41, 5.74) is -0.522. The van der Waals surface area contributed by atoms with Crippen LogP contribution < -0.4 is 5.32 Å². The Balaban J connectivity index is 3.94. The first-order valence-electron chi connectivity index (χ1n) is 5.73. The summed E-state index contributed by atoms with van der Waals surface area (Å²) in [7, 11) is 3.24. The Morgan fingerprint density at radius 2 is 2.00 bits per heavy atom. The zero-order valence-electron chi connectivity index (χ0n) is 10.7. The average molecular weight is 215 g/mol. The maximum absolute atomic E-state index is 11.5. The predicted molar refractivity (Wildman–Crippen MR) is 62.8 cm³/mol. The van der Waals surface area contributed by atoms with Gasteiger partial charge in [-0.3, -0.25) is 4.79 Å². The Morgan fingerprint density at radius 3 is 2.40 bits per heavy atom. The summed E-state index contributed by atoms with van der Waals surface area (Å²) in [6.45, 7) is 6.34. The Bertz CT molecular complexity index is 192. The molecule has 0 saturated heterocycles. The highest BCUT2D eigenvalue weighted by Crippen LogP contribution is 2.17. The van der Waals surface area contributed by atoms with Gasteiger partial charge in [0, 0.05) is 0 Å². The zero-order chi connectivity index (χ0) is 11.9. The number of hydrogen-bond donors (Lipinski definition) is 1. The van der Waals surface area contributed by atoms with Gasteiger partial charge in [0.1, 0.15) is 5.54 Å². The SMILES string of the molecule is CN[C@@](C)(CCCCC(C)C)C(=O)OC. The van der Waals surface area contributed by atoms with Crippen molar-refractivity contribution in [2.75, 3.05) is 14.2 Å². The molecule has 1 atom stereocenters. The number of unbranched alkanes of at least 4 members (excludes halogenated alkanes) is 1. The van der Waals surface area contributed by atoms with Crippen molar-refractivity contribution in [3.8, 4) is 0 Å². The van der Waals surface area contributed by atoms with Crippen LogP contribution in [0.3, 0.4) is 0 Å². The molecule has 90 valence electrons. The van der Waals surface area contributed by atoms with E-state index in [1.165, 1.54) is 20.0 Å². The number of nitrogens with one attached hydrogen (secondary N) is 1. The van der Waals surface area contributed by atoms with E-state index >= 15 is 0 Å².